The van der Waals surface area contributed by atoms with E-state index in [-0.39, 0.29) is 44.0 Å². The summed E-state index contributed by atoms with van der Waals surface area (Å²) < 4.78 is 56.0. The number of fused-ring (bicyclic) bond motifs is 1. The number of nitro benzene ring substituents is 1. The van der Waals surface area contributed by atoms with Gasteiger partial charge >= 0.3 is 0 Å². The minimum Gasteiger partial charge on any atom is -0.419 e. The van der Waals surface area contributed by atoms with Crippen LogP contribution in [0.1, 0.15) is 5.89 Å². The molecule has 0 aliphatic rings. The summed E-state index contributed by atoms with van der Waals surface area (Å²) in [4.78, 5) is 28.3. The Morgan fingerprint density at radius 3 is 2.44 bits per heavy atom. The molecule has 0 radical (unpaired) electrons. The minimum atomic E-state index is -3.81. The molecule has 4 aromatic rings. The van der Waals surface area contributed by atoms with Gasteiger partial charge in [0.1, 0.15) is 16.3 Å². The summed E-state index contributed by atoms with van der Waals surface area (Å²) in [7, 11) is -2.31. The van der Waals surface area contributed by atoms with Crippen molar-refractivity contribution in [3.8, 4) is 11.5 Å². The molecule has 34 heavy (non-hydrogen) atoms. The largest absolute Gasteiger partial charge is 0.419 e. The number of rotatable bonds is 6. The first-order valence-corrected chi connectivity index (χ1v) is 12.0. The van der Waals surface area contributed by atoms with Gasteiger partial charge in [0.2, 0.25) is 11.8 Å². The molecule has 176 valence electrons. The van der Waals surface area contributed by atoms with E-state index in [1.165, 1.54) is 11.9 Å². The van der Waals surface area contributed by atoms with Crippen molar-refractivity contribution in [2.24, 2.45) is 0 Å². The van der Waals surface area contributed by atoms with Gasteiger partial charge in [0.25, 0.3) is 11.2 Å². The molecule has 0 unspecified atom stereocenters. The van der Waals surface area contributed by atoms with Crippen molar-refractivity contribution in [1.29, 1.82) is 0 Å². The summed E-state index contributed by atoms with van der Waals surface area (Å²) in [5, 5.41) is 19.0. The second kappa shape index (κ2) is 8.49. The number of sulfone groups is 1. The molecule has 0 fully saturated rings. The zero-order valence-electron chi connectivity index (χ0n) is 17.4. The fourth-order valence-electron chi connectivity index (χ4n) is 3.01. The zero-order valence-corrected chi connectivity index (χ0v) is 19.0. The molecular formula is C19H13F2N5O6S2. The van der Waals surface area contributed by atoms with E-state index in [2.05, 4.69) is 15.2 Å². The van der Waals surface area contributed by atoms with E-state index in [4.69, 9.17) is 4.42 Å². The van der Waals surface area contributed by atoms with Gasteiger partial charge in [-0.15, -0.1) is 10.2 Å². The van der Waals surface area contributed by atoms with Gasteiger partial charge in [-0.3, -0.25) is 14.9 Å². The minimum absolute atomic E-state index is 0.0191. The van der Waals surface area contributed by atoms with Gasteiger partial charge in [-0.1, -0.05) is 11.3 Å². The van der Waals surface area contributed by atoms with Crippen LogP contribution >= 0.6 is 11.3 Å². The fraction of sp³-hybridized carbons (Fsp3) is 0.158. The van der Waals surface area contributed by atoms with Gasteiger partial charge in [-0.25, -0.2) is 17.2 Å². The van der Waals surface area contributed by atoms with Crippen LogP contribution in [-0.4, -0.2) is 41.8 Å². The van der Waals surface area contributed by atoms with Crippen LogP contribution in [0.2, 0.25) is 0 Å². The lowest BCUT2D eigenvalue weighted by molar-refractivity contribution is -0.383. The molecule has 0 saturated carbocycles. The van der Waals surface area contributed by atoms with Crippen molar-refractivity contribution in [2.75, 3.05) is 18.2 Å². The molecule has 11 nitrogen and oxygen atoms in total. The summed E-state index contributed by atoms with van der Waals surface area (Å²) in [6.45, 7) is -0.0888. The zero-order chi connectivity index (χ0) is 24.8. The lowest BCUT2D eigenvalue weighted by Crippen LogP contribution is -2.20. The van der Waals surface area contributed by atoms with E-state index < -0.39 is 37.6 Å². The highest BCUT2D eigenvalue weighted by atomic mass is 32.2. The maximum Gasteiger partial charge on any atom is 0.288 e. The number of non-ortho nitro benzene ring substituents is 1. The number of nitrogens with zero attached hydrogens (tertiary/aromatic N) is 5. The molecule has 0 N–H and O–H groups in total. The van der Waals surface area contributed by atoms with Crippen molar-refractivity contribution < 1.29 is 26.5 Å². The number of anilines is 1. The van der Waals surface area contributed by atoms with Gasteiger partial charge in [-0.05, 0) is 18.2 Å². The van der Waals surface area contributed by atoms with Crippen molar-refractivity contribution in [3.05, 3.63) is 68.3 Å². The second-order valence-electron chi connectivity index (χ2n) is 7.17. The third-order valence-corrected chi connectivity index (χ3v) is 6.87. The standard InChI is InChI=1S/C19H13F2N5O6S2/c1-25(8-15-23-24-18(32-15)9-3-10(20)5-11(21)4-9)19-22-17(27)13-6-12(34(2,30)31)7-14(26(28)29)16(13)33-19/h3-7H,8H2,1-2H3. The molecule has 2 aromatic carbocycles. The number of hydrogen-bond donors (Lipinski definition) is 0. The summed E-state index contributed by atoms with van der Waals surface area (Å²) in [5.74, 6) is -1.76. The van der Waals surface area contributed by atoms with E-state index in [9.17, 15) is 32.1 Å². The molecule has 0 spiro atoms. The van der Waals surface area contributed by atoms with E-state index in [1.807, 2.05) is 0 Å². The van der Waals surface area contributed by atoms with Crippen LogP contribution in [0.4, 0.5) is 19.6 Å². The number of hydrogen-bond acceptors (Lipinski definition) is 11. The maximum absolute atomic E-state index is 13.4. The molecule has 0 atom stereocenters. The highest BCUT2D eigenvalue weighted by Crippen LogP contribution is 2.34. The Hall–Kier alpha value is -3.85. The van der Waals surface area contributed by atoms with Crippen molar-refractivity contribution in [2.45, 2.75) is 11.4 Å². The Morgan fingerprint density at radius 1 is 1.15 bits per heavy atom. The van der Waals surface area contributed by atoms with E-state index in [0.717, 1.165) is 41.9 Å². The third kappa shape index (κ3) is 4.60. The Kier molecular flexibility index (Phi) is 5.82. The first kappa shape index (κ1) is 23.3. The predicted octanol–water partition coefficient (Wildman–Crippen LogP) is 2.93. The lowest BCUT2D eigenvalue weighted by Gasteiger charge is -2.15. The van der Waals surface area contributed by atoms with Gasteiger partial charge in [0.15, 0.2) is 15.0 Å². The summed E-state index contributed by atoms with van der Waals surface area (Å²) in [6, 6.07) is 4.67. The number of nitro groups is 1. The van der Waals surface area contributed by atoms with Crippen molar-refractivity contribution in [1.82, 2.24) is 15.2 Å². The van der Waals surface area contributed by atoms with Crippen molar-refractivity contribution in [3.63, 3.8) is 0 Å². The molecule has 2 aromatic heterocycles. The molecular weight excluding hydrogens is 496 g/mol. The van der Waals surface area contributed by atoms with Gasteiger partial charge in [-0.2, -0.15) is 4.98 Å². The second-order valence-corrected chi connectivity index (χ2v) is 10.2. The quantitative estimate of drug-likeness (QED) is 0.280. The maximum atomic E-state index is 13.4. The van der Waals surface area contributed by atoms with Crippen LogP contribution in [0.25, 0.3) is 21.5 Å². The molecule has 0 saturated heterocycles. The molecule has 0 amide bonds. The van der Waals surface area contributed by atoms with Gasteiger partial charge in [0.05, 0.1) is 21.7 Å². The van der Waals surface area contributed by atoms with E-state index >= 15 is 0 Å². The predicted molar refractivity (Wildman–Crippen MR) is 117 cm³/mol. The number of halogens is 2. The van der Waals surface area contributed by atoms with Gasteiger partial charge in [0, 0.05) is 31.0 Å². The van der Waals surface area contributed by atoms with Crippen LogP contribution in [0.5, 0.6) is 0 Å². The summed E-state index contributed by atoms with van der Waals surface area (Å²) >= 11 is 0.799. The average molecular weight is 509 g/mol. The molecule has 2 heterocycles. The Bertz CT molecular complexity index is 1600. The smallest absolute Gasteiger partial charge is 0.288 e. The molecule has 15 heteroatoms. The highest BCUT2D eigenvalue weighted by Gasteiger charge is 2.23. The molecule has 0 bridgehead atoms. The lowest BCUT2D eigenvalue weighted by atomic mass is 10.2. The Labute approximate surface area is 193 Å². The summed E-state index contributed by atoms with van der Waals surface area (Å²) in [6.07, 6.45) is 0.873. The molecule has 4 rings (SSSR count). The third-order valence-electron chi connectivity index (χ3n) is 4.56. The molecule has 0 aliphatic carbocycles. The first-order chi connectivity index (χ1) is 15.9. The Balaban J connectivity index is 1.70. The highest BCUT2D eigenvalue weighted by molar-refractivity contribution is 7.90. The van der Waals surface area contributed by atoms with Crippen LogP contribution in [-0.2, 0) is 16.4 Å². The van der Waals surface area contributed by atoms with Crippen LogP contribution < -0.4 is 10.5 Å². The topological polar surface area (TPSA) is 149 Å². The Morgan fingerprint density at radius 2 is 1.82 bits per heavy atom. The van der Waals surface area contributed by atoms with Crippen LogP contribution in [0.3, 0.4) is 0 Å². The van der Waals surface area contributed by atoms with E-state index in [1.54, 1.807) is 0 Å². The van der Waals surface area contributed by atoms with Crippen molar-refractivity contribution >= 4 is 42.1 Å². The van der Waals surface area contributed by atoms with Gasteiger partial charge < -0.3 is 9.32 Å². The fourth-order valence-corrected chi connectivity index (χ4v) is 4.69. The van der Waals surface area contributed by atoms with Crippen LogP contribution in [0.15, 0.2) is 44.4 Å². The summed E-state index contributed by atoms with van der Waals surface area (Å²) in [5.41, 5.74) is -1.37. The first-order valence-electron chi connectivity index (χ1n) is 9.25. The SMILES string of the molecule is CN(Cc1nnc(-c2cc(F)cc(F)c2)o1)c1nc(=O)c2cc(S(C)(=O)=O)cc([N+](=O)[O-])c2s1. The normalized spacial score (nSPS) is 11.6. The molecule has 0 aliphatic heterocycles. The average Bonchev–Trinajstić information content (AvgIpc) is 3.20. The van der Waals surface area contributed by atoms with E-state index in [0.29, 0.717) is 6.07 Å². The number of aromatic nitrogens is 3. The monoisotopic (exact) mass is 509 g/mol. The van der Waals surface area contributed by atoms with Crippen LogP contribution in [0, 0.1) is 21.7 Å². The number of benzene rings is 2.